The van der Waals surface area contributed by atoms with E-state index in [0.717, 1.165) is 30.0 Å². The van der Waals surface area contributed by atoms with Crippen LogP contribution in [0, 0.1) is 0 Å². The molecule has 2 aliphatic rings. The van der Waals surface area contributed by atoms with Crippen molar-refractivity contribution in [3.05, 3.63) is 77.1 Å². The highest BCUT2D eigenvalue weighted by atomic mass is 35.5. The van der Waals surface area contributed by atoms with Crippen molar-refractivity contribution >= 4 is 17.5 Å². The molecule has 0 radical (unpaired) electrons. The van der Waals surface area contributed by atoms with Crippen LogP contribution in [-0.4, -0.2) is 35.6 Å². The summed E-state index contributed by atoms with van der Waals surface area (Å²) in [7, 11) is 1.61. The molecule has 2 aromatic carbocycles. The molecule has 0 unspecified atom stereocenters. The van der Waals surface area contributed by atoms with E-state index in [1.165, 1.54) is 0 Å². The molecular formula is C23H21ClN2O3. The van der Waals surface area contributed by atoms with Gasteiger partial charge in [0.15, 0.2) is 5.60 Å². The number of hydrogen-bond acceptors (Lipinski definition) is 3. The number of hydrogen-bond donors (Lipinski definition) is 0. The molecule has 1 spiro atoms. The normalized spacial score (nSPS) is 16.7. The molecule has 1 amide bonds. The summed E-state index contributed by atoms with van der Waals surface area (Å²) in [5, 5.41) is 0.653. The van der Waals surface area contributed by atoms with Gasteiger partial charge in [-0.1, -0.05) is 17.7 Å². The van der Waals surface area contributed by atoms with Crippen molar-refractivity contribution in [2.24, 2.45) is 0 Å². The van der Waals surface area contributed by atoms with Gasteiger partial charge in [0.1, 0.15) is 11.5 Å². The Morgan fingerprint density at radius 2 is 1.93 bits per heavy atom. The van der Waals surface area contributed by atoms with Crippen molar-refractivity contribution in [3.63, 3.8) is 0 Å². The Labute approximate surface area is 174 Å². The summed E-state index contributed by atoms with van der Waals surface area (Å²) in [4.78, 5) is 14.9. The molecule has 2 aliphatic heterocycles. The predicted octanol–water partition coefficient (Wildman–Crippen LogP) is 4.66. The van der Waals surface area contributed by atoms with Gasteiger partial charge in [-0.05, 0) is 42.5 Å². The second kappa shape index (κ2) is 6.85. The number of aromatic nitrogens is 1. The first kappa shape index (κ1) is 18.1. The van der Waals surface area contributed by atoms with Gasteiger partial charge in [0.25, 0.3) is 5.91 Å². The molecule has 148 valence electrons. The molecule has 5 nitrogen and oxygen atoms in total. The molecule has 1 saturated heterocycles. The molecule has 0 saturated carbocycles. The molecule has 0 aliphatic carbocycles. The van der Waals surface area contributed by atoms with E-state index in [9.17, 15) is 4.79 Å². The molecule has 29 heavy (non-hydrogen) atoms. The number of fused-ring (bicyclic) bond motifs is 4. The summed E-state index contributed by atoms with van der Waals surface area (Å²) in [5.41, 5.74) is 2.31. The van der Waals surface area contributed by atoms with E-state index in [4.69, 9.17) is 21.1 Å². The van der Waals surface area contributed by atoms with E-state index in [0.29, 0.717) is 29.4 Å². The van der Waals surface area contributed by atoms with Gasteiger partial charge < -0.3 is 18.9 Å². The third kappa shape index (κ3) is 2.97. The number of rotatable bonds is 2. The molecule has 1 aromatic heterocycles. The second-order valence-corrected chi connectivity index (χ2v) is 7.93. The number of carbonyl (C=O) groups is 1. The predicted molar refractivity (Wildman–Crippen MR) is 111 cm³/mol. The number of methoxy groups -OCH3 is 1. The first-order chi connectivity index (χ1) is 14.1. The molecule has 0 N–H and O–H groups in total. The summed E-state index contributed by atoms with van der Waals surface area (Å²) in [5.74, 6) is 1.49. The number of amides is 1. The lowest BCUT2D eigenvalue weighted by Crippen LogP contribution is -2.50. The summed E-state index contributed by atoms with van der Waals surface area (Å²) < 4.78 is 14.0. The van der Waals surface area contributed by atoms with Crippen LogP contribution < -0.4 is 9.47 Å². The highest BCUT2D eigenvalue weighted by Crippen LogP contribution is 2.45. The van der Waals surface area contributed by atoms with Gasteiger partial charge in [0, 0.05) is 48.8 Å². The largest absolute Gasteiger partial charge is 0.497 e. The molecule has 1 fully saturated rings. The Morgan fingerprint density at radius 1 is 1.10 bits per heavy atom. The van der Waals surface area contributed by atoms with Crippen LogP contribution in [0.25, 0.3) is 5.69 Å². The van der Waals surface area contributed by atoms with E-state index in [1.54, 1.807) is 13.2 Å². The zero-order valence-corrected chi connectivity index (χ0v) is 16.9. The van der Waals surface area contributed by atoms with Crippen molar-refractivity contribution in [1.29, 1.82) is 0 Å². The second-order valence-electron chi connectivity index (χ2n) is 7.50. The zero-order valence-electron chi connectivity index (χ0n) is 16.1. The van der Waals surface area contributed by atoms with Gasteiger partial charge >= 0.3 is 0 Å². The van der Waals surface area contributed by atoms with E-state index in [-0.39, 0.29) is 5.91 Å². The first-order valence-electron chi connectivity index (χ1n) is 9.70. The van der Waals surface area contributed by atoms with Gasteiger partial charge in [-0.25, -0.2) is 0 Å². The molecule has 0 atom stereocenters. The van der Waals surface area contributed by atoms with Crippen molar-refractivity contribution < 1.29 is 14.3 Å². The summed E-state index contributed by atoms with van der Waals surface area (Å²) in [6, 6.07) is 17.2. The first-order valence-corrected chi connectivity index (χ1v) is 10.1. The maximum Gasteiger partial charge on any atom is 0.253 e. The van der Waals surface area contributed by atoms with E-state index in [2.05, 4.69) is 16.8 Å². The van der Waals surface area contributed by atoms with Gasteiger partial charge in [-0.3, -0.25) is 4.79 Å². The maximum absolute atomic E-state index is 13.0. The fourth-order valence-electron chi connectivity index (χ4n) is 4.36. The number of carbonyl (C=O) groups excluding carboxylic acids is 1. The number of nitrogens with zero attached hydrogens (tertiary/aromatic N) is 2. The SMILES string of the molecule is COc1cccc(C(=O)N2CCC3(CC2)Oc2cc(Cl)ccc2-n2cccc23)c1. The van der Waals surface area contributed by atoms with E-state index in [1.807, 2.05) is 47.4 Å². The van der Waals surface area contributed by atoms with Crippen molar-refractivity contribution in [2.45, 2.75) is 18.4 Å². The minimum atomic E-state index is -0.452. The molecule has 0 bridgehead atoms. The minimum Gasteiger partial charge on any atom is -0.497 e. The Kier molecular flexibility index (Phi) is 4.28. The van der Waals surface area contributed by atoms with Crippen LogP contribution in [0.4, 0.5) is 0 Å². The zero-order chi connectivity index (χ0) is 20.0. The number of halogens is 1. The van der Waals surface area contributed by atoms with Crippen molar-refractivity contribution in [1.82, 2.24) is 9.47 Å². The van der Waals surface area contributed by atoms with Crippen molar-refractivity contribution in [2.75, 3.05) is 20.2 Å². The average Bonchev–Trinajstić information content (AvgIpc) is 3.25. The Balaban J connectivity index is 1.41. The van der Waals surface area contributed by atoms with Gasteiger partial charge in [0.05, 0.1) is 18.5 Å². The van der Waals surface area contributed by atoms with Crippen molar-refractivity contribution in [3.8, 4) is 17.2 Å². The van der Waals surface area contributed by atoms with Crippen LogP contribution >= 0.6 is 11.6 Å². The monoisotopic (exact) mass is 408 g/mol. The Bertz CT molecular complexity index is 1080. The van der Waals surface area contributed by atoms with Crippen LogP contribution in [0.15, 0.2) is 60.8 Å². The number of benzene rings is 2. The lowest BCUT2D eigenvalue weighted by Gasteiger charge is -2.45. The minimum absolute atomic E-state index is 0.0217. The van der Waals surface area contributed by atoms with Crippen LogP contribution in [0.3, 0.4) is 0 Å². The van der Waals surface area contributed by atoms with Crippen LogP contribution in [0.1, 0.15) is 28.9 Å². The number of likely N-dealkylation sites (tertiary alicyclic amines) is 1. The Morgan fingerprint density at radius 3 is 2.72 bits per heavy atom. The lowest BCUT2D eigenvalue weighted by molar-refractivity contribution is -0.00930. The summed E-state index contributed by atoms with van der Waals surface area (Å²) >= 11 is 6.21. The topological polar surface area (TPSA) is 43.7 Å². The summed E-state index contributed by atoms with van der Waals surface area (Å²) in [6.07, 6.45) is 3.50. The van der Waals surface area contributed by atoms with E-state index >= 15 is 0 Å². The van der Waals surface area contributed by atoms with Gasteiger partial charge in [0.2, 0.25) is 0 Å². The summed E-state index contributed by atoms with van der Waals surface area (Å²) in [6.45, 7) is 1.24. The molecule has 3 aromatic rings. The lowest BCUT2D eigenvalue weighted by atomic mass is 9.86. The third-order valence-electron chi connectivity index (χ3n) is 5.88. The van der Waals surface area contributed by atoms with Gasteiger partial charge in [-0.2, -0.15) is 0 Å². The van der Waals surface area contributed by atoms with Crippen LogP contribution in [-0.2, 0) is 5.60 Å². The van der Waals surface area contributed by atoms with E-state index < -0.39 is 5.60 Å². The molecular weight excluding hydrogens is 388 g/mol. The Hall–Kier alpha value is -2.92. The van der Waals surface area contributed by atoms with Gasteiger partial charge in [-0.15, -0.1) is 0 Å². The molecule has 3 heterocycles. The fraction of sp³-hybridized carbons (Fsp3) is 0.261. The molecule has 6 heteroatoms. The highest BCUT2D eigenvalue weighted by molar-refractivity contribution is 6.30. The van der Waals surface area contributed by atoms with Crippen LogP contribution in [0.5, 0.6) is 11.5 Å². The highest BCUT2D eigenvalue weighted by Gasteiger charge is 2.44. The van der Waals surface area contributed by atoms with Crippen LogP contribution in [0.2, 0.25) is 5.02 Å². The standard InChI is InChI=1S/C23H21ClN2O3/c1-28-18-5-2-4-16(14-18)22(27)25-12-9-23(10-13-25)21-6-3-11-26(21)19-8-7-17(24)15-20(19)29-23/h2-8,11,14-15H,9-10,12-13H2,1H3. The number of piperidine rings is 1. The maximum atomic E-state index is 13.0. The smallest absolute Gasteiger partial charge is 0.253 e. The molecule has 5 rings (SSSR count). The number of ether oxygens (including phenoxy) is 2. The quantitative estimate of drug-likeness (QED) is 0.619. The average molecular weight is 409 g/mol. The third-order valence-corrected chi connectivity index (χ3v) is 6.11. The fourth-order valence-corrected chi connectivity index (χ4v) is 4.52.